The molecule has 4 rings (SSSR count). The van der Waals surface area contributed by atoms with Gasteiger partial charge in [-0.05, 0) is 26.3 Å². The molecule has 2 N–H and O–H groups in total. The normalized spacial score (nSPS) is 18.6. The molecule has 3 aromatic heterocycles. The van der Waals surface area contributed by atoms with Crippen LogP contribution in [0.1, 0.15) is 52.6 Å². The first-order chi connectivity index (χ1) is 16.0. The third-order valence-electron chi connectivity index (χ3n) is 5.96. The van der Waals surface area contributed by atoms with Crippen LogP contribution in [-0.2, 0) is 17.1 Å². The molecule has 4 heterocycles. The Morgan fingerprint density at radius 1 is 1.26 bits per heavy atom. The number of halogens is 2. The summed E-state index contributed by atoms with van der Waals surface area (Å²) in [7, 11) is 0. The third kappa shape index (κ3) is 4.70. The second-order valence-electron chi connectivity index (χ2n) is 9.05. The van der Waals surface area contributed by atoms with E-state index in [2.05, 4.69) is 44.3 Å². The fraction of sp³-hybridized carbons (Fsp3) is 0.522. The maximum Gasteiger partial charge on any atom is 0.303 e. The van der Waals surface area contributed by atoms with E-state index in [-0.39, 0.29) is 17.3 Å². The zero-order valence-electron chi connectivity index (χ0n) is 20.1. The fourth-order valence-corrected chi connectivity index (χ4v) is 4.33. The molecule has 1 aliphatic heterocycles. The maximum absolute atomic E-state index is 14.2. The van der Waals surface area contributed by atoms with Gasteiger partial charge in [-0.15, -0.1) is 5.10 Å². The zero-order valence-corrected chi connectivity index (χ0v) is 20.1. The van der Waals surface area contributed by atoms with E-state index in [1.165, 1.54) is 11.6 Å². The molecule has 0 bridgehead atoms. The first-order valence-corrected chi connectivity index (χ1v) is 11.5. The molecule has 0 spiro atoms. The van der Waals surface area contributed by atoms with Crippen molar-refractivity contribution in [3.63, 3.8) is 0 Å². The van der Waals surface area contributed by atoms with Crippen LogP contribution < -0.4 is 15.5 Å². The average Bonchev–Trinajstić information content (AvgIpc) is 3.33. The van der Waals surface area contributed by atoms with Gasteiger partial charge in [0.1, 0.15) is 5.82 Å². The lowest BCUT2D eigenvalue weighted by Crippen LogP contribution is -2.44. The first-order valence-electron chi connectivity index (χ1n) is 11.5. The molecule has 1 saturated heterocycles. The van der Waals surface area contributed by atoms with Gasteiger partial charge in [-0.25, -0.2) is 19.6 Å². The molecular weight excluding hydrogens is 442 g/mol. The number of pyridine rings is 1. The highest BCUT2D eigenvalue weighted by atomic mass is 19.3. The number of anilines is 2. The molecule has 11 heteroatoms. The summed E-state index contributed by atoms with van der Waals surface area (Å²) in [4.78, 5) is 26.3. The van der Waals surface area contributed by atoms with Gasteiger partial charge in [-0.3, -0.25) is 4.79 Å². The highest BCUT2D eigenvalue weighted by Crippen LogP contribution is 2.34. The van der Waals surface area contributed by atoms with E-state index >= 15 is 0 Å². The molecule has 9 nitrogen and oxygen atoms in total. The number of nitrogens with zero attached hydrogens (tertiary/aromatic N) is 6. The summed E-state index contributed by atoms with van der Waals surface area (Å²) in [6.45, 7) is 10.7. The summed E-state index contributed by atoms with van der Waals surface area (Å²) >= 11 is 0. The molecule has 34 heavy (non-hydrogen) atoms. The summed E-state index contributed by atoms with van der Waals surface area (Å²) in [5.74, 6) is -2.73. The molecule has 1 aliphatic rings. The number of carbonyl (C=O) groups excluding carboxylic acids is 1. The van der Waals surface area contributed by atoms with Crippen LogP contribution in [0.3, 0.4) is 0 Å². The Hall–Kier alpha value is -3.21. The molecule has 3 aromatic rings. The minimum absolute atomic E-state index is 0.0594. The number of hydrogen-bond acceptors (Lipinski definition) is 7. The number of alkyl halides is 2. The van der Waals surface area contributed by atoms with Gasteiger partial charge in [-0.2, -0.15) is 8.78 Å². The van der Waals surface area contributed by atoms with Gasteiger partial charge in [0, 0.05) is 56.5 Å². The first kappa shape index (κ1) is 23.9. The number of likely N-dealkylation sites (N-methyl/N-ethyl adjacent to an activating group) is 1. The van der Waals surface area contributed by atoms with E-state index in [0.717, 1.165) is 38.4 Å². The van der Waals surface area contributed by atoms with E-state index in [0.29, 0.717) is 29.3 Å². The van der Waals surface area contributed by atoms with Crippen molar-refractivity contribution in [1.82, 2.24) is 30.0 Å². The number of aryl methyl sites for hydroxylation is 1. The Morgan fingerprint density at radius 2 is 2.03 bits per heavy atom. The second-order valence-corrected chi connectivity index (χ2v) is 9.05. The molecule has 182 valence electrons. The standard InChI is InChI=1S/C23H30F2N8O/c1-6-15-10-19(30-21(29-15)23(5,24)25)33-17-11-18(28-14(3)34)26-12-16(17)20(31-33)32-9-8-22(4,13-32)27-7-2/h10-12,27H,6-9,13H2,1-5H3,(H,26,28,34). The van der Waals surface area contributed by atoms with Crippen LogP contribution in [0.15, 0.2) is 18.3 Å². The van der Waals surface area contributed by atoms with Crippen LogP contribution in [0.25, 0.3) is 16.7 Å². The lowest BCUT2D eigenvalue weighted by molar-refractivity contribution is -0.114. The van der Waals surface area contributed by atoms with Crippen molar-refractivity contribution in [3.8, 4) is 5.82 Å². The Bertz CT molecular complexity index is 1220. The Morgan fingerprint density at radius 3 is 2.68 bits per heavy atom. The summed E-state index contributed by atoms with van der Waals surface area (Å²) < 4.78 is 29.9. The molecule has 0 aliphatic carbocycles. The van der Waals surface area contributed by atoms with Gasteiger partial charge in [-0.1, -0.05) is 13.8 Å². The lowest BCUT2D eigenvalue weighted by Gasteiger charge is -2.25. The van der Waals surface area contributed by atoms with Gasteiger partial charge in [0.25, 0.3) is 0 Å². The topological polar surface area (TPSA) is 101 Å². The SMILES string of the molecule is CCNC1(C)CCN(c2nn(-c3cc(CC)nc(C(C)(F)F)n3)c3cc(NC(C)=O)ncc23)C1. The molecule has 1 amide bonds. The fourth-order valence-electron chi connectivity index (χ4n) is 4.33. The van der Waals surface area contributed by atoms with Crippen molar-refractivity contribution in [2.75, 3.05) is 29.9 Å². The number of rotatable bonds is 7. The van der Waals surface area contributed by atoms with Crippen LogP contribution in [0.5, 0.6) is 0 Å². The van der Waals surface area contributed by atoms with Crippen molar-refractivity contribution in [3.05, 3.63) is 29.8 Å². The number of hydrogen-bond donors (Lipinski definition) is 2. The Balaban J connectivity index is 1.89. The monoisotopic (exact) mass is 472 g/mol. The van der Waals surface area contributed by atoms with E-state index in [1.54, 1.807) is 18.3 Å². The largest absolute Gasteiger partial charge is 0.353 e. The minimum Gasteiger partial charge on any atom is -0.353 e. The van der Waals surface area contributed by atoms with Crippen molar-refractivity contribution < 1.29 is 13.6 Å². The number of aromatic nitrogens is 5. The number of carbonyl (C=O) groups is 1. The summed E-state index contributed by atoms with van der Waals surface area (Å²) in [6, 6.07) is 3.35. The zero-order chi connectivity index (χ0) is 24.7. The van der Waals surface area contributed by atoms with Crippen LogP contribution in [0.4, 0.5) is 20.4 Å². The van der Waals surface area contributed by atoms with Crippen LogP contribution in [-0.4, -0.2) is 55.8 Å². The van der Waals surface area contributed by atoms with E-state index < -0.39 is 11.7 Å². The molecule has 1 fully saturated rings. The van der Waals surface area contributed by atoms with Gasteiger partial charge < -0.3 is 15.5 Å². The molecular formula is C23H30F2N8O. The summed E-state index contributed by atoms with van der Waals surface area (Å²) in [5, 5.41) is 11.8. The van der Waals surface area contributed by atoms with Crippen molar-refractivity contribution in [1.29, 1.82) is 0 Å². The van der Waals surface area contributed by atoms with Crippen molar-refractivity contribution in [2.45, 2.75) is 58.9 Å². The average molecular weight is 473 g/mol. The number of fused-ring (bicyclic) bond motifs is 1. The second kappa shape index (κ2) is 8.86. The van der Waals surface area contributed by atoms with E-state index in [9.17, 15) is 13.6 Å². The minimum atomic E-state index is -3.20. The molecule has 0 radical (unpaired) electrons. The van der Waals surface area contributed by atoms with Crippen LogP contribution >= 0.6 is 0 Å². The van der Waals surface area contributed by atoms with E-state index in [4.69, 9.17) is 5.10 Å². The summed E-state index contributed by atoms with van der Waals surface area (Å²) in [6.07, 6.45) is 3.06. The molecule has 0 saturated carbocycles. The Labute approximate surface area is 197 Å². The highest BCUT2D eigenvalue weighted by molar-refractivity contribution is 5.95. The Kier molecular flexibility index (Phi) is 6.24. The van der Waals surface area contributed by atoms with Crippen LogP contribution in [0.2, 0.25) is 0 Å². The lowest BCUT2D eigenvalue weighted by atomic mass is 10.0. The quantitative estimate of drug-likeness (QED) is 0.543. The highest BCUT2D eigenvalue weighted by Gasteiger charge is 2.35. The van der Waals surface area contributed by atoms with Gasteiger partial charge in [0.2, 0.25) is 11.7 Å². The molecule has 0 aromatic carbocycles. The summed E-state index contributed by atoms with van der Waals surface area (Å²) in [5.41, 5.74) is 1.04. The molecule has 1 unspecified atom stereocenters. The van der Waals surface area contributed by atoms with Crippen LogP contribution in [0, 0.1) is 0 Å². The number of nitrogens with one attached hydrogen (secondary N) is 2. The maximum atomic E-state index is 14.2. The van der Waals surface area contributed by atoms with E-state index in [1.807, 2.05) is 6.92 Å². The predicted octanol–water partition coefficient (Wildman–Crippen LogP) is 3.42. The van der Waals surface area contributed by atoms with Crippen molar-refractivity contribution in [2.24, 2.45) is 0 Å². The van der Waals surface area contributed by atoms with Gasteiger partial charge in [0.15, 0.2) is 11.6 Å². The third-order valence-corrected chi connectivity index (χ3v) is 5.96. The van der Waals surface area contributed by atoms with Gasteiger partial charge >= 0.3 is 5.92 Å². The predicted molar refractivity (Wildman–Crippen MR) is 127 cm³/mol. The molecule has 1 atom stereocenters. The number of amides is 1. The van der Waals surface area contributed by atoms with Crippen molar-refractivity contribution >= 4 is 28.4 Å². The van der Waals surface area contributed by atoms with Gasteiger partial charge in [0.05, 0.1) is 10.9 Å². The smallest absolute Gasteiger partial charge is 0.303 e.